The van der Waals surface area contributed by atoms with Gasteiger partial charge in [-0.25, -0.2) is 13.2 Å². The molecular weight excluding hydrogens is 330 g/mol. The third-order valence-electron chi connectivity index (χ3n) is 4.31. The van der Waals surface area contributed by atoms with Gasteiger partial charge < -0.3 is 9.64 Å². The van der Waals surface area contributed by atoms with E-state index < -0.39 is 15.8 Å². The van der Waals surface area contributed by atoms with Crippen molar-refractivity contribution < 1.29 is 22.7 Å². The Morgan fingerprint density at radius 3 is 2.42 bits per heavy atom. The van der Waals surface area contributed by atoms with E-state index in [-0.39, 0.29) is 35.1 Å². The average molecular weight is 353 g/mol. The van der Waals surface area contributed by atoms with Gasteiger partial charge in [0.15, 0.2) is 16.4 Å². The summed E-state index contributed by atoms with van der Waals surface area (Å²) in [5, 5.41) is 0. The molecule has 1 heterocycles. The van der Waals surface area contributed by atoms with Gasteiger partial charge in [0.25, 0.3) is 5.91 Å². The van der Waals surface area contributed by atoms with E-state index in [9.17, 15) is 18.0 Å². The van der Waals surface area contributed by atoms with Gasteiger partial charge >= 0.3 is 5.97 Å². The maximum absolute atomic E-state index is 12.3. The molecule has 0 radical (unpaired) electrons. The summed E-state index contributed by atoms with van der Waals surface area (Å²) in [4.78, 5) is 26.2. The minimum atomic E-state index is -3.40. The Balaban J connectivity index is 2.01. The zero-order valence-electron chi connectivity index (χ0n) is 14.2. The highest BCUT2D eigenvalue weighted by atomic mass is 32.2. The van der Waals surface area contributed by atoms with Crippen LogP contribution >= 0.6 is 0 Å². The van der Waals surface area contributed by atoms with E-state index in [0.717, 1.165) is 25.5 Å². The molecule has 2 atom stereocenters. The number of esters is 1. The number of carbonyl (C=O) groups excluding carboxylic acids is 2. The van der Waals surface area contributed by atoms with Crippen molar-refractivity contribution in [2.24, 2.45) is 0 Å². The molecular formula is C17H23NO5S. The predicted molar refractivity (Wildman–Crippen MR) is 89.5 cm³/mol. The van der Waals surface area contributed by atoms with Gasteiger partial charge in [0.2, 0.25) is 0 Å². The van der Waals surface area contributed by atoms with Crippen molar-refractivity contribution in [3.8, 4) is 0 Å². The molecule has 7 heteroatoms. The Hall–Kier alpha value is -1.89. The van der Waals surface area contributed by atoms with Gasteiger partial charge in [-0.05, 0) is 51.3 Å². The van der Waals surface area contributed by atoms with Crippen molar-refractivity contribution in [1.29, 1.82) is 0 Å². The molecule has 0 aliphatic carbocycles. The molecule has 1 fully saturated rings. The molecule has 1 saturated heterocycles. The van der Waals surface area contributed by atoms with Crippen LogP contribution in [0.5, 0.6) is 0 Å². The van der Waals surface area contributed by atoms with Crippen LogP contribution in [0.15, 0.2) is 29.2 Å². The largest absolute Gasteiger partial charge is 0.452 e. The third-order valence-corrected chi connectivity index (χ3v) is 5.42. The smallest absolute Gasteiger partial charge is 0.338 e. The van der Waals surface area contributed by atoms with Gasteiger partial charge in [-0.3, -0.25) is 4.79 Å². The van der Waals surface area contributed by atoms with Crippen LogP contribution in [-0.4, -0.2) is 50.1 Å². The Morgan fingerprint density at radius 1 is 1.21 bits per heavy atom. The van der Waals surface area contributed by atoms with Crippen LogP contribution < -0.4 is 0 Å². The molecule has 1 amide bonds. The molecule has 1 aromatic rings. The minimum Gasteiger partial charge on any atom is -0.452 e. The van der Waals surface area contributed by atoms with Gasteiger partial charge in [-0.15, -0.1) is 0 Å². The van der Waals surface area contributed by atoms with Crippen molar-refractivity contribution in [2.45, 2.75) is 50.1 Å². The highest BCUT2D eigenvalue weighted by Crippen LogP contribution is 2.22. The quantitative estimate of drug-likeness (QED) is 0.774. The zero-order valence-corrected chi connectivity index (χ0v) is 15.0. The molecule has 6 nitrogen and oxygen atoms in total. The molecule has 0 N–H and O–H groups in total. The van der Waals surface area contributed by atoms with Gasteiger partial charge in [0.1, 0.15) is 0 Å². The van der Waals surface area contributed by atoms with E-state index in [4.69, 9.17) is 4.74 Å². The molecule has 132 valence electrons. The Kier molecular flexibility index (Phi) is 5.64. The summed E-state index contributed by atoms with van der Waals surface area (Å²) in [5.74, 6) is -0.923. The Labute approximate surface area is 142 Å². The van der Waals surface area contributed by atoms with Crippen LogP contribution in [-0.2, 0) is 19.4 Å². The van der Waals surface area contributed by atoms with Gasteiger partial charge in [0.05, 0.1) is 10.5 Å². The molecule has 2 rings (SSSR count). The van der Waals surface area contributed by atoms with Gasteiger partial charge in [-0.1, -0.05) is 6.07 Å². The summed E-state index contributed by atoms with van der Waals surface area (Å²) in [6, 6.07) is 5.88. The Bertz CT molecular complexity index is 718. The lowest BCUT2D eigenvalue weighted by Gasteiger charge is -2.38. The van der Waals surface area contributed by atoms with Crippen LogP contribution in [0.1, 0.15) is 43.5 Å². The average Bonchev–Trinajstić information content (AvgIpc) is 2.51. The second-order valence-corrected chi connectivity index (χ2v) is 8.32. The zero-order chi connectivity index (χ0) is 17.9. The number of hydrogen-bond donors (Lipinski definition) is 0. The predicted octanol–water partition coefficient (Wildman–Crippen LogP) is 2.04. The number of amides is 1. The first kappa shape index (κ1) is 18.4. The first-order valence-electron chi connectivity index (χ1n) is 7.98. The van der Waals surface area contributed by atoms with Crippen LogP contribution in [0.3, 0.4) is 0 Å². The monoisotopic (exact) mass is 353 g/mol. The van der Waals surface area contributed by atoms with E-state index in [0.29, 0.717) is 0 Å². The molecule has 0 spiro atoms. The number of rotatable bonds is 4. The number of carbonyl (C=O) groups is 2. The van der Waals surface area contributed by atoms with Crippen molar-refractivity contribution >= 4 is 21.7 Å². The minimum absolute atomic E-state index is 0.0431. The number of ether oxygens (including phenoxy) is 1. The lowest BCUT2D eigenvalue weighted by molar-refractivity contribution is -0.140. The molecule has 1 aliphatic heterocycles. The summed E-state index contributed by atoms with van der Waals surface area (Å²) in [5.41, 5.74) is 0.116. The highest BCUT2D eigenvalue weighted by molar-refractivity contribution is 7.90. The number of hydrogen-bond acceptors (Lipinski definition) is 5. The SMILES string of the molecule is C[C@H]1CCC[C@H](C)N1C(=O)COC(=O)c1cccc(S(C)(=O)=O)c1. The third kappa shape index (κ3) is 4.35. The standard InChI is InChI=1S/C17H23NO5S/c1-12-6-4-7-13(2)18(12)16(19)11-23-17(20)14-8-5-9-15(10-14)24(3,21)22/h5,8-10,12-13H,4,6-7,11H2,1-3H3/t12-,13-/m0/s1. The molecule has 0 aromatic heterocycles. The number of likely N-dealkylation sites (tertiary alicyclic amines) is 1. The van der Waals surface area contributed by atoms with Crippen molar-refractivity contribution in [3.05, 3.63) is 29.8 Å². The number of nitrogens with zero attached hydrogens (tertiary/aromatic N) is 1. The normalized spacial score (nSPS) is 21.4. The Morgan fingerprint density at radius 2 is 1.83 bits per heavy atom. The molecule has 1 aromatic carbocycles. The second kappa shape index (κ2) is 7.34. The fraction of sp³-hybridized carbons (Fsp3) is 0.529. The van der Waals surface area contributed by atoms with Crippen molar-refractivity contribution in [2.75, 3.05) is 12.9 Å². The topological polar surface area (TPSA) is 80.8 Å². The summed E-state index contributed by atoms with van der Waals surface area (Å²) < 4.78 is 28.2. The molecule has 0 bridgehead atoms. The molecule has 0 saturated carbocycles. The van der Waals surface area contributed by atoms with Crippen LogP contribution in [0.4, 0.5) is 0 Å². The maximum Gasteiger partial charge on any atom is 0.338 e. The van der Waals surface area contributed by atoms with Crippen molar-refractivity contribution in [1.82, 2.24) is 4.90 Å². The molecule has 0 unspecified atom stereocenters. The van der Waals surface area contributed by atoms with Gasteiger partial charge in [-0.2, -0.15) is 0 Å². The summed E-state index contributed by atoms with van der Waals surface area (Å²) >= 11 is 0. The van der Waals surface area contributed by atoms with Crippen LogP contribution in [0.25, 0.3) is 0 Å². The van der Waals surface area contributed by atoms with E-state index >= 15 is 0 Å². The lowest BCUT2D eigenvalue weighted by Crippen LogP contribution is -2.49. The first-order chi connectivity index (χ1) is 11.2. The number of sulfone groups is 1. The number of piperidine rings is 1. The van der Waals surface area contributed by atoms with E-state index in [1.54, 1.807) is 4.90 Å². The summed E-state index contributed by atoms with van der Waals surface area (Å²) in [6.45, 7) is 3.65. The van der Waals surface area contributed by atoms with Crippen molar-refractivity contribution in [3.63, 3.8) is 0 Å². The van der Waals surface area contributed by atoms with Gasteiger partial charge in [0, 0.05) is 18.3 Å². The second-order valence-electron chi connectivity index (χ2n) is 6.31. The molecule has 24 heavy (non-hydrogen) atoms. The van der Waals surface area contributed by atoms with E-state index in [2.05, 4.69) is 0 Å². The fourth-order valence-corrected chi connectivity index (χ4v) is 3.72. The summed E-state index contributed by atoms with van der Waals surface area (Å²) in [7, 11) is -3.40. The number of benzene rings is 1. The maximum atomic E-state index is 12.3. The first-order valence-corrected chi connectivity index (χ1v) is 9.87. The van der Waals surface area contributed by atoms with E-state index in [1.165, 1.54) is 24.3 Å². The highest BCUT2D eigenvalue weighted by Gasteiger charge is 2.29. The van der Waals surface area contributed by atoms with E-state index in [1.807, 2.05) is 13.8 Å². The van der Waals surface area contributed by atoms with Crippen LogP contribution in [0.2, 0.25) is 0 Å². The van der Waals surface area contributed by atoms with Crippen LogP contribution in [0, 0.1) is 0 Å². The summed E-state index contributed by atoms with van der Waals surface area (Å²) in [6.07, 6.45) is 4.05. The molecule has 1 aliphatic rings. The fourth-order valence-electron chi connectivity index (χ4n) is 3.05. The lowest BCUT2D eigenvalue weighted by atomic mass is 9.97.